The van der Waals surface area contributed by atoms with Gasteiger partial charge in [-0.15, -0.1) is 0 Å². The van der Waals surface area contributed by atoms with Crippen LogP contribution in [0, 0.1) is 33.6 Å². The van der Waals surface area contributed by atoms with Crippen molar-refractivity contribution in [3.63, 3.8) is 0 Å². The normalized spacial score (nSPS) is 12.4. The fraction of sp³-hybridized carbons (Fsp3) is 0.588. The van der Waals surface area contributed by atoms with E-state index in [0.29, 0.717) is 25.3 Å². The van der Waals surface area contributed by atoms with Crippen molar-refractivity contribution in [1.82, 2.24) is 20.3 Å². The lowest BCUT2D eigenvalue weighted by molar-refractivity contribution is -0.121. The lowest BCUT2D eigenvalue weighted by Crippen LogP contribution is -2.30. The molecule has 1 N–H and O–H groups in total. The summed E-state index contributed by atoms with van der Waals surface area (Å²) in [7, 11) is 0. The Morgan fingerprint density at radius 3 is 2.65 bits per heavy atom. The first-order valence-corrected chi connectivity index (χ1v) is 8.06. The molecule has 1 unspecified atom stereocenters. The zero-order valence-corrected chi connectivity index (χ0v) is 14.6. The first-order valence-electron chi connectivity index (χ1n) is 8.06. The zero-order valence-electron chi connectivity index (χ0n) is 14.6. The number of carbonyl (C=O) groups is 1. The molecule has 1 amide bonds. The van der Waals surface area contributed by atoms with E-state index in [0.717, 1.165) is 35.0 Å². The van der Waals surface area contributed by atoms with Gasteiger partial charge in [-0.05, 0) is 46.1 Å². The number of hydrogen-bond acceptors (Lipinski definition) is 4. The Hall–Kier alpha value is -2.11. The molecular formula is C17H26N4O2. The molecule has 0 aliphatic heterocycles. The molecule has 0 bridgehead atoms. The van der Waals surface area contributed by atoms with Crippen LogP contribution in [0.5, 0.6) is 0 Å². The van der Waals surface area contributed by atoms with Crippen LogP contribution < -0.4 is 5.32 Å². The van der Waals surface area contributed by atoms with Gasteiger partial charge in [0.1, 0.15) is 5.76 Å². The van der Waals surface area contributed by atoms with Crippen molar-refractivity contribution in [3.05, 3.63) is 34.5 Å². The minimum atomic E-state index is 0.0604. The second kappa shape index (κ2) is 7.44. The minimum Gasteiger partial charge on any atom is -0.361 e. The van der Waals surface area contributed by atoms with Gasteiger partial charge in [0, 0.05) is 30.8 Å². The molecule has 2 rings (SSSR count). The van der Waals surface area contributed by atoms with Gasteiger partial charge in [-0.1, -0.05) is 12.1 Å². The van der Waals surface area contributed by atoms with Crippen LogP contribution in [0.4, 0.5) is 0 Å². The molecule has 6 nitrogen and oxygen atoms in total. The summed E-state index contributed by atoms with van der Waals surface area (Å²) in [6, 6.07) is 2.06. The summed E-state index contributed by atoms with van der Waals surface area (Å²) < 4.78 is 7.11. The van der Waals surface area contributed by atoms with E-state index in [-0.39, 0.29) is 5.91 Å². The van der Waals surface area contributed by atoms with Gasteiger partial charge in [-0.2, -0.15) is 5.10 Å². The molecule has 0 saturated heterocycles. The van der Waals surface area contributed by atoms with Crippen molar-refractivity contribution < 1.29 is 9.32 Å². The average molecular weight is 318 g/mol. The van der Waals surface area contributed by atoms with Crippen molar-refractivity contribution >= 4 is 5.91 Å². The molecule has 0 saturated carbocycles. The number of aromatic nitrogens is 3. The van der Waals surface area contributed by atoms with Crippen LogP contribution in [-0.2, 0) is 17.8 Å². The van der Waals surface area contributed by atoms with Crippen LogP contribution in [0.25, 0.3) is 0 Å². The lowest BCUT2D eigenvalue weighted by Gasteiger charge is -2.14. The molecular weight excluding hydrogens is 292 g/mol. The molecule has 2 aromatic rings. The van der Waals surface area contributed by atoms with Gasteiger partial charge in [0.25, 0.3) is 0 Å². The van der Waals surface area contributed by atoms with Crippen molar-refractivity contribution in [3.8, 4) is 0 Å². The van der Waals surface area contributed by atoms with Gasteiger partial charge in [-0.3, -0.25) is 9.48 Å². The Kier molecular flexibility index (Phi) is 5.58. The van der Waals surface area contributed by atoms with E-state index >= 15 is 0 Å². The number of rotatable bonds is 7. The van der Waals surface area contributed by atoms with Gasteiger partial charge in [0.2, 0.25) is 5.91 Å². The Morgan fingerprint density at radius 1 is 1.35 bits per heavy atom. The summed E-state index contributed by atoms with van der Waals surface area (Å²) in [6.07, 6.45) is 1.12. The summed E-state index contributed by atoms with van der Waals surface area (Å²) >= 11 is 0. The highest BCUT2D eigenvalue weighted by Gasteiger charge is 2.12. The van der Waals surface area contributed by atoms with Crippen LogP contribution in [0.1, 0.15) is 41.8 Å². The molecule has 0 radical (unpaired) electrons. The number of nitrogens with zero attached hydrogens (tertiary/aromatic N) is 3. The fourth-order valence-electron chi connectivity index (χ4n) is 2.69. The van der Waals surface area contributed by atoms with Crippen LogP contribution >= 0.6 is 0 Å². The number of aryl methyl sites for hydroxylation is 4. The first-order chi connectivity index (χ1) is 10.9. The van der Waals surface area contributed by atoms with E-state index in [1.54, 1.807) is 0 Å². The highest BCUT2D eigenvalue weighted by Crippen LogP contribution is 2.14. The number of nitrogens with one attached hydrogen (secondary N) is 1. The van der Waals surface area contributed by atoms with Gasteiger partial charge < -0.3 is 9.84 Å². The monoisotopic (exact) mass is 318 g/mol. The molecule has 126 valence electrons. The molecule has 0 aliphatic carbocycles. The molecule has 2 heterocycles. The number of hydrogen-bond donors (Lipinski definition) is 1. The van der Waals surface area contributed by atoms with Crippen LogP contribution in [0.15, 0.2) is 10.6 Å². The van der Waals surface area contributed by atoms with Gasteiger partial charge in [0.05, 0.1) is 11.4 Å². The third-order valence-corrected chi connectivity index (χ3v) is 4.02. The Balaban J connectivity index is 1.74. The highest BCUT2D eigenvalue weighted by molar-refractivity contribution is 5.76. The molecule has 0 aromatic carbocycles. The van der Waals surface area contributed by atoms with E-state index in [2.05, 4.69) is 35.5 Å². The SMILES string of the molecule is Cc1cc(C)n(CC(C)CNC(=O)CCc2c(C)noc2C)n1. The van der Waals surface area contributed by atoms with Gasteiger partial charge in [-0.25, -0.2) is 0 Å². The first kappa shape index (κ1) is 17.2. The molecule has 0 aliphatic rings. The van der Waals surface area contributed by atoms with Crippen LogP contribution in [-0.4, -0.2) is 27.4 Å². The summed E-state index contributed by atoms with van der Waals surface area (Å²) in [5.74, 6) is 1.19. The third kappa shape index (κ3) is 4.68. The van der Waals surface area contributed by atoms with Crippen molar-refractivity contribution in [2.45, 2.75) is 54.0 Å². The van der Waals surface area contributed by atoms with E-state index in [4.69, 9.17) is 4.52 Å². The zero-order chi connectivity index (χ0) is 17.0. The standard InChI is InChI=1S/C17H26N4O2/c1-11(10-21-13(3)8-12(2)19-21)9-18-17(22)7-6-16-14(4)20-23-15(16)5/h8,11H,6-7,9-10H2,1-5H3,(H,18,22). The van der Waals surface area contributed by atoms with Gasteiger partial charge >= 0.3 is 0 Å². The maximum absolute atomic E-state index is 12.0. The predicted octanol–water partition coefficient (Wildman–Crippen LogP) is 2.49. The smallest absolute Gasteiger partial charge is 0.220 e. The summed E-state index contributed by atoms with van der Waals surface area (Å²) in [5, 5.41) is 11.4. The number of carbonyl (C=O) groups excluding carboxylic acids is 1. The average Bonchev–Trinajstić information content (AvgIpc) is 2.97. The van der Waals surface area contributed by atoms with E-state index in [9.17, 15) is 4.79 Å². The van der Waals surface area contributed by atoms with Crippen LogP contribution in [0.3, 0.4) is 0 Å². The summed E-state index contributed by atoms with van der Waals surface area (Å²) in [6.45, 7) is 11.4. The van der Waals surface area contributed by atoms with E-state index < -0.39 is 0 Å². The quantitative estimate of drug-likeness (QED) is 0.851. The maximum Gasteiger partial charge on any atom is 0.220 e. The topological polar surface area (TPSA) is 73.0 Å². The maximum atomic E-state index is 12.0. The van der Waals surface area contributed by atoms with E-state index in [1.807, 2.05) is 25.5 Å². The highest BCUT2D eigenvalue weighted by atomic mass is 16.5. The molecule has 0 fully saturated rings. The fourth-order valence-corrected chi connectivity index (χ4v) is 2.69. The van der Waals surface area contributed by atoms with Crippen molar-refractivity contribution in [2.75, 3.05) is 6.54 Å². The molecule has 23 heavy (non-hydrogen) atoms. The second-order valence-electron chi connectivity index (χ2n) is 6.32. The Morgan fingerprint density at radius 2 is 2.09 bits per heavy atom. The lowest BCUT2D eigenvalue weighted by atomic mass is 10.1. The second-order valence-corrected chi connectivity index (χ2v) is 6.32. The molecule has 6 heteroatoms. The third-order valence-electron chi connectivity index (χ3n) is 4.02. The largest absolute Gasteiger partial charge is 0.361 e. The van der Waals surface area contributed by atoms with E-state index in [1.165, 1.54) is 0 Å². The minimum absolute atomic E-state index is 0.0604. The Bertz CT molecular complexity index is 653. The predicted molar refractivity (Wildman–Crippen MR) is 88.2 cm³/mol. The number of amides is 1. The van der Waals surface area contributed by atoms with Gasteiger partial charge in [0.15, 0.2) is 0 Å². The van der Waals surface area contributed by atoms with Crippen molar-refractivity contribution in [2.24, 2.45) is 5.92 Å². The Labute approximate surface area is 137 Å². The van der Waals surface area contributed by atoms with Crippen LogP contribution in [0.2, 0.25) is 0 Å². The molecule has 1 atom stereocenters. The summed E-state index contributed by atoms with van der Waals surface area (Å²) in [4.78, 5) is 12.0. The molecule has 0 spiro atoms. The molecule has 2 aromatic heterocycles. The summed E-state index contributed by atoms with van der Waals surface area (Å²) in [5.41, 5.74) is 4.08. The van der Waals surface area contributed by atoms with Crippen molar-refractivity contribution in [1.29, 1.82) is 0 Å².